The van der Waals surface area contributed by atoms with Crippen LogP contribution < -0.4 is 10.1 Å². The van der Waals surface area contributed by atoms with Crippen molar-refractivity contribution in [3.05, 3.63) is 29.8 Å². The Morgan fingerprint density at radius 3 is 2.44 bits per heavy atom. The van der Waals surface area contributed by atoms with Gasteiger partial charge in [0.25, 0.3) is 0 Å². The third-order valence-electron chi connectivity index (χ3n) is 1.83. The van der Waals surface area contributed by atoms with Crippen LogP contribution in [0.2, 0.25) is 0 Å². The molecule has 0 unspecified atom stereocenters. The maximum atomic E-state index is 10.7. The van der Waals surface area contributed by atoms with E-state index in [0.717, 1.165) is 5.56 Å². The second kappa shape index (κ2) is 5.75. The summed E-state index contributed by atoms with van der Waals surface area (Å²) in [6, 6.07) is 6.88. The van der Waals surface area contributed by atoms with Crippen molar-refractivity contribution in [2.75, 3.05) is 6.61 Å². The number of carboxylic acid groups (broad SMARTS) is 1. The summed E-state index contributed by atoms with van der Waals surface area (Å²) in [5, 5.41) is 11.1. The first-order valence-corrected chi connectivity index (χ1v) is 4.76. The molecule has 0 aliphatic carbocycles. The van der Waals surface area contributed by atoms with Crippen molar-refractivity contribution in [1.82, 2.24) is 5.32 Å². The van der Waals surface area contributed by atoms with E-state index in [-0.39, 0.29) is 12.5 Å². The van der Waals surface area contributed by atoms with E-state index < -0.39 is 5.97 Å². The Labute approximate surface area is 93.0 Å². The molecular weight excluding hydrogens is 210 g/mol. The Morgan fingerprint density at radius 1 is 1.31 bits per heavy atom. The quantitative estimate of drug-likeness (QED) is 0.773. The number of amides is 1. The topological polar surface area (TPSA) is 75.6 Å². The van der Waals surface area contributed by atoms with E-state index in [0.29, 0.717) is 12.3 Å². The highest BCUT2D eigenvalue weighted by Gasteiger charge is 1.99. The summed E-state index contributed by atoms with van der Waals surface area (Å²) in [5.41, 5.74) is 0.929. The summed E-state index contributed by atoms with van der Waals surface area (Å²) in [6.07, 6.45) is 0. The highest BCUT2D eigenvalue weighted by molar-refractivity contribution is 5.72. The molecule has 0 saturated carbocycles. The maximum Gasteiger partial charge on any atom is 0.341 e. The van der Waals surface area contributed by atoms with Gasteiger partial charge in [-0.05, 0) is 17.7 Å². The van der Waals surface area contributed by atoms with Gasteiger partial charge in [-0.2, -0.15) is 0 Å². The number of rotatable bonds is 5. The van der Waals surface area contributed by atoms with Gasteiger partial charge in [0.15, 0.2) is 6.61 Å². The average Bonchev–Trinajstić information content (AvgIpc) is 2.25. The van der Waals surface area contributed by atoms with Crippen LogP contribution in [-0.2, 0) is 16.1 Å². The average molecular weight is 223 g/mol. The lowest BCUT2D eigenvalue weighted by atomic mass is 10.2. The number of carboxylic acids is 1. The fourth-order valence-corrected chi connectivity index (χ4v) is 1.08. The second-order valence-corrected chi connectivity index (χ2v) is 3.24. The van der Waals surface area contributed by atoms with Crippen LogP contribution in [0.25, 0.3) is 0 Å². The Morgan fingerprint density at radius 2 is 1.94 bits per heavy atom. The van der Waals surface area contributed by atoms with Crippen molar-refractivity contribution in [2.45, 2.75) is 13.5 Å². The predicted octanol–water partition coefficient (Wildman–Crippen LogP) is 0.786. The minimum Gasteiger partial charge on any atom is -0.482 e. The molecule has 0 aliphatic rings. The zero-order valence-electron chi connectivity index (χ0n) is 8.90. The van der Waals surface area contributed by atoms with Gasteiger partial charge in [-0.15, -0.1) is 0 Å². The van der Waals surface area contributed by atoms with Crippen molar-refractivity contribution < 1.29 is 19.4 Å². The lowest BCUT2D eigenvalue weighted by Gasteiger charge is -2.05. The predicted molar refractivity (Wildman–Crippen MR) is 57.1 cm³/mol. The molecule has 0 heterocycles. The lowest BCUT2D eigenvalue weighted by molar-refractivity contribution is -0.139. The second-order valence-electron chi connectivity index (χ2n) is 3.24. The molecule has 5 heteroatoms. The molecule has 1 amide bonds. The third kappa shape index (κ3) is 4.45. The smallest absolute Gasteiger partial charge is 0.341 e. The zero-order chi connectivity index (χ0) is 12.0. The van der Waals surface area contributed by atoms with Crippen LogP contribution in [0, 0.1) is 0 Å². The van der Waals surface area contributed by atoms with E-state index in [9.17, 15) is 9.59 Å². The number of carbonyl (C=O) groups is 2. The van der Waals surface area contributed by atoms with Crippen LogP contribution in [-0.4, -0.2) is 23.6 Å². The highest BCUT2D eigenvalue weighted by atomic mass is 16.5. The highest BCUT2D eigenvalue weighted by Crippen LogP contribution is 2.11. The standard InChI is InChI=1S/C11H13NO4/c1-8(13)12-6-9-2-4-10(5-3-9)16-7-11(14)15/h2-5H,6-7H2,1H3,(H,12,13)(H,14,15). The SMILES string of the molecule is CC(=O)NCc1ccc(OCC(=O)O)cc1. The van der Waals surface area contributed by atoms with E-state index in [1.807, 2.05) is 0 Å². The largest absolute Gasteiger partial charge is 0.482 e. The molecule has 1 aromatic rings. The first-order chi connectivity index (χ1) is 7.58. The summed E-state index contributed by atoms with van der Waals surface area (Å²) in [7, 11) is 0. The molecule has 0 aliphatic heterocycles. The number of aliphatic carboxylic acids is 1. The third-order valence-corrected chi connectivity index (χ3v) is 1.83. The molecule has 86 valence electrons. The molecule has 0 atom stereocenters. The Hall–Kier alpha value is -2.04. The summed E-state index contributed by atoms with van der Waals surface area (Å²) in [6.45, 7) is 1.55. The molecule has 0 radical (unpaired) electrons. The molecule has 0 fully saturated rings. The van der Waals surface area contributed by atoms with E-state index in [2.05, 4.69) is 5.32 Å². The van der Waals surface area contributed by atoms with Gasteiger partial charge in [0, 0.05) is 13.5 Å². The molecule has 0 saturated heterocycles. The van der Waals surface area contributed by atoms with E-state index in [1.54, 1.807) is 24.3 Å². The van der Waals surface area contributed by atoms with Gasteiger partial charge in [0.2, 0.25) is 5.91 Å². The van der Waals surface area contributed by atoms with Crippen LogP contribution in [0.4, 0.5) is 0 Å². The maximum absolute atomic E-state index is 10.7. The monoisotopic (exact) mass is 223 g/mol. The first-order valence-electron chi connectivity index (χ1n) is 4.76. The molecule has 5 nitrogen and oxygen atoms in total. The van der Waals surface area contributed by atoms with Gasteiger partial charge in [-0.3, -0.25) is 4.79 Å². The summed E-state index contributed by atoms with van der Waals surface area (Å²) in [4.78, 5) is 20.9. The van der Waals surface area contributed by atoms with E-state index in [4.69, 9.17) is 9.84 Å². The number of hydrogen-bond acceptors (Lipinski definition) is 3. The van der Waals surface area contributed by atoms with Crippen molar-refractivity contribution >= 4 is 11.9 Å². The van der Waals surface area contributed by atoms with Crippen molar-refractivity contribution in [3.8, 4) is 5.75 Å². The van der Waals surface area contributed by atoms with Crippen molar-refractivity contribution in [2.24, 2.45) is 0 Å². The Balaban J connectivity index is 2.47. The molecule has 0 spiro atoms. The Bertz CT molecular complexity index is 335. The number of benzene rings is 1. The fourth-order valence-electron chi connectivity index (χ4n) is 1.08. The molecule has 1 aromatic carbocycles. The van der Waals surface area contributed by atoms with Crippen LogP contribution in [0.15, 0.2) is 24.3 Å². The molecule has 0 aromatic heterocycles. The minimum atomic E-state index is -1.01. The number of nitrogens with one attached hydrogen (secondary N) is 1. The fraction of sp³-hybridized carbons (Fsp3) is 0.273. The lowest BCUT2D eigenvalue weighted by Crippen LogP contribution is -2.18. The van der Waals surface area contributed by atoms with Crippen LogP contribution >= 0.6 is 0 Å². The van der Waals surface area contributed by atoms with Crippen LogP contribution in [0.5, 0.6) is 5.75 Å². The van der Waals surface area contributed by atoms with E-state index >= 15 is 0 Å². The first kappa shape index (κ1) is 12.0. The van der Waals surface area contributed by atoms with Crippen LogP contribution in [0.3, 0.4) is 0 Å². The van der Waals surface area contributed by atoms with Gasteiger partial charge in [-0.1, -0.05) is 12.1 Å². The van der Waals surface area contributed by atoms with Crippen molar-refractivity contribution in [1.29, 1.82) is 0 Å². The van der Waals surface area contributed by atoms with Crippen molar-refractivity contribution in [3.63, 3.8) is 0 Å². The number of ether oxygens (including phenoxy) is 1. The van der Waals surface area contributed by atoms with Gasteiger partial charge in [-0.25, -0.2) is 4.79 Å². The number of carbonyl (C=O) groups excluding carboxylic acids is 1. The van der Waals surface area contributed by atoms with Crippen LogP contribution in [0.1, 0.15) is 12.5 Å². The normalized spacial score (nSPS) is 9.56. The van der Waals surface area contributed by atoms with E-state index in [1.165, 1.54) is 6.92 Å². The van der Waals surface area contributed by atoms with Gasteiger partial charge in [0.05, 0.1) is 0 Å². The molecule has 16 heavy (non-hydrogen) atoms. The summed E-state index contributed by atoms with van der Waals surface area (Å²) < 4.78 is 4.96. The molecule has 1 rings (SSSR count). The molecule has 2 N–H and O–H groups in total. The zero-order valence-corrected chi connectivity index (χ0v) is 8.90. The molecular formula is C11H13NO4. The minimum absolute atomic E-state index is 0.0915. The van der Waals surface area contributed by atoms with Gasteiger partial charge >= 0.3 is 5.97 Å². The van der Waals surface area contributed by atoms with Gasteiger partial charge in [0.1, 0.15) is 5.75 Å². The molecule has 0 bridgehead atoms. The van der Waals surface area contributed by atoms with Gasteiger partial charge < -0.3 is 15.2 Å². The summed E-state index contributed by atoms with van der Waals surface area (Å²) in [5.74, 6) is -0.609. The summed E-state index contributed by atoms with van der Waals surface area (Å²) >= 11 is 0. The number of hydrogen-bond donors (Lipinski definition) is 2. The Kier molecular flexibility index (Phi) is 4.32.